The smallest absolute Gasteiger partial charge is 0.326 e. The highest BCUT2D eigenvalue weighted by atomic mass is 79.9. The van der Waals surface area contributed by atoms with Gasteiger partial charge in [0.25, 0.3) is 0 Å². The van der Waals surface area contributed by atoms with Crippen molar-refractivity contribution < 1.29 is 83.4 Å². The molecule has 25 nitrogen and oxygen atoms in total. The van der Waals surface area contributed by atoms with Crippen LogP contribution in [-0.4, -0.2) is 217 Å². The maximum absolute atomic E-state index is 13.5. The van der Waals surface area contributed by atoms with Crippen LogP contribution in [0.1, 0.15) is 105 Å². The molecule has 2 aromatic rings. The first-order chi connectivity index (χ1) is 37.5. The molecule has 1 unspecified atom stereocenters. The van der Waals surface area contributed by atoms with Crippen LogP contribution in [0, 0.1) is 0 Å². The second kappa shape index (κ2) is 35.6. The number of nitrogens with one attached hydrogen (secondary N) is 3. The molecule has 1 saturated heterocycles. The topological polar surface area (TPSA) is 361 Å². The largest absolute Gasteiger partial charge is 0.481 e. The van der Waals surface area contributed by atoms with Crippen LogP contribution in [0.15, 0.2) is 53.0 Å². The van der Waals surface area contributed by atoms with Crippen LogP contribution >= 0.6 is 15.9 Å². The zero-order chi connectivity index (χ0) is 58.4. The minimum atomic E-state index is -1.30. The molecule has 0 saturated carbocycles. The second-order valence-corrected chi connectivity index (χ2v) is 20.4. The average Bonchev–Trinajstić information content (AvgIpc) is 3.37. The van der Waals surface area contributed by atoms with Gasteiger partial charge >= 0.3 is 41.8 Å². The number of urea groups is 1. The molecule has 1 aliphatic heterocycles. The summed E-state index contributed by atoms with van der Waals surface area (Å²) < 4.78 is 0.862. The zero-order valence-electron chi connectivity index (χ0n) is 44.5. The number of unbranched alkanes of at least 4 members (excludes halogenated alkanes) is 3. The maximum atomic E-state index is 13.5. The molecule has 2 aromatic carbocycles. The van der Waals surface area contributed by atoms with E-state index < -0.39 is 71.7 Å². The van der Waals surface area contributed by atoms with Crippen molar-refractivity contribution in [1.29, 1.82) is 0 Å². The summed E-state index contributed by atoms with van der Waals surface area (Å²) in [7, 11) is 0. The lowest BCUT2D eigenvalue weighted by Crippen LogP contribution is -2.52. The van der Waals surface area contributed by atoms with E-state index in [9.17, 15) is 78.3 Å². The van der Waals surface area contributed by atoms with Crippen molar-refractivity contribution in [3.05, 3.63) is 69.7 Å². The highest BCUT2D eigenvalue weighted by Crippen LogP contribution is 2.17. The van der Waals surface area contributed by atoms with Gasteiger partial charge in [-0.2, -0.15) is 0 Å². The van der Waals surface area contributed by atoms with E-state index in [0.717, 1.165) is 10.0 Å². The first-order valence-electron chi connectivity index (χ1n) is 26.2. The molecule has 0 radical (unpaired) electrons. The predicted octanol–water partition coefficient (Wildman–Crippen LogP) is 2.68. The Labute approximate surface area is 466 Å². The van der Waals surface area contributed by atoms with Gasteiger partial charge in [0, 0.05) is 108 Å². The number of carbonyl (C=O) groups is 11. The summed E-state index contributed by atoms with van der Waals surface area (Å²) in [5.74, 6) is -8.15. The van der Waals surface area contributed by atoms with Crippen LogP contribution in [-0.2, 0) is 56.2 Å². The zero-order valence-corrected chi connectivity index (χ0v) is 46.1. The fourth-order valence-electron chi connectivity index (χ4n) is 8.79. The van der Waals surface area contributed by atoms with Crippen LogP contribution in [0.5, 0.6) is 0 Å². The Bertz CT molecular complexity index is 2350. The molecule has 4 amide bonds. The molecule has 3 rings (SSSR count). The van der Waals surface area contributed by atoms with Gasteiger partial charge in [-0.05, 0) is 75.1 Å². The molecule has 436 valence electrons. The van der Waals surface area contributed by atoms with Gasteiger partial charge in [0.2, 0.25) is 11.8 Å². The summed E-state index contributed by atoms with van der Waals surface area (Å²) in [4.78, 5) is 143. The maximum Gasteiger partial charge on any atom is 0.326 e. The number of aliphatic carboxylic acids is 6. The fraction of sp³-hybridized carbons (Fsp3) is 0.566. The normalized spacial score (nSPS) is 15.2. The number of nitrogens with zero attached hydrogens (tertiary/aromatic N) is 5. The molecule has 79 heavy (non-hydrogen) atoms. The van der Waals surface area contributed by atoms with Gasteiger partial charge in [-0.15, -0.1) is 0 Å². The summed E-state index contributed by atoms with van der Waals surface area (Å²) in [5.41, 5.74) is 2.02. The third-order valence-electron chi connectivity index (χ3n) is 13.2. The molecule has 0 aromatic heterocycles. The fourth-order valence-corrected chi connectivity index (χ4v) is 9.06. The number of carboxylic acid groups (broad SMARTS) is 6. The van der Waals surface area contributed by atoms with Gasteiger partial charge in [-0.1, -0.05) is 58.7 Å². The SMILES string of the molecule is CC(=O)[C@@H](CCC(=O)O)NC(=O)N[C@H](CCCCN(Cc1ccc(Br)cc1)C(=O)CCCCCC(=O)c1ccc(CNC(=O)CCC(C(=O)O)N2CCN(CC(=O)O)CCN(CC(=O)O)CCN(CC(=O)O)CC2)cc1)C(=O)O. The number of halogens is 1. The van der Waals surface area contributed by atoms with Crippen molar-refractivity contribution in [2.24, 2.45) is 0 Å². The van der Waals surface area contributed by atoms with E-state index in [1.165, 1.54) is 6.92 Å². The monoisotopic (exact) mass is 1170 g/mol. The molecule has 1 heterocycles. The van der Waals surface area contributed by atoms with Crippen LogP contribution < -0.4 is 16.0 Å². The summed E-state index contributed by atoms with van der Waals surface area (Å²) in [6.07, 6.45) is 2.00. The van der Waals surface area contributed by atoms with E-state index in [1.807, 2.05) is 24.3 Å². The summed E-state index contributed by atoms with van der Waals surface area (Å²) in [6.45, 7) is 1.86. The molecular weight excluding hydrogens is 1100 g/mol. The van der Waals surface area contributed by atoms with Crippen molar-refractivity contribution in [2.45, 2.75) is 115 Å². The number of ketones is 2. The van der Waals surface area contributed by atoms with E-state index in [-0.39, 0.29) is 135 Å². The summed E-state index contributed by atoms with van der Waals surface area (Å²) >= 11 is 3.41. The van der Waals surface area contributed by atoms with Crippen molar-refractivity contribution >= 4 is 81.2 Å². The number of benzene rings is 2. The Hall–Kier alpha value is -6.87. The third kappa shape index (κ3) is 27.5. The Morgan fingerprint density at radius 1 is 0.544 bits per heavy atom. The van der Waals surface area contributed by atoms with Crippen LogP contribution in [0.25, 0.3) is 0 Å². The van der Waals surface area contributed by atoms with Gasteiger partial charge in [0.05, 0.1) is 25.7 Å². The highest BCUT2D eigenvalue weighted by molar-refractivity contribution is 9.10. The molecule has 3 atom stereocenters. The van der Waals surface area contributed by atoms with Crippen LogP contribution in [0.4, 0.5) is 4.79 Å². The lowest BCUT2D eigenvalue weighted by atomic mass is 10.0. The van der Waals surface area contributed by atoms with Crippen molar-refractivity contribution in [3.63, 3.8) is 0 Å². The van der Waals surface area contributed by atoms with Crippen molar-refractivity contribution in [1.82, 2.24) is 40.4 Å². The van der Waals surface area contributed by atoms with E-state index in [4.69, 9.17) is 5.11 Å². The van der Waals surface area contributed by atoms with Crippen molar-refractivity contribution in [2.75, 3.05) is 78.5 Å². The Morgan fingerprint density at radius 3 is 1.57 bits per heavy atom. The summed E-state index contributed by atoms with van der Waals surface area (Å²) in [5, 5.41) is 64.9. The number of carbonyl (C=O) groups excluding carboxylic acids is 5. The lowest BCUT2D eigenvalue weighted by Gasteiger charge is -2.35. The Kier molecular flexibility index (Phi) is 29.9. The first-order valence-corrected chi connectivity index (χ1v) is 27.0. The van der Waals surface area contributed by atoms with Gasteiger partial charge in [0.15, 0.2) is 11.6 Å². The molecule has 26 heteroatoms. The standard InChI is InChI=1S/C53H75BrN8O17/c1-36(63)41(18-21-47(67)68)56-53(79)57-42(51(75)76)7-5-6-22-62(32-38-12-16-40(54)17-13-38)46(66)9-4-2-3-8-44(64)39-14-10-37(11-15-39)31-55-45(65)20-19-43(52(77)78)61-29-27-59(34-49(71)72)25-23-58(33-48(69)70)24-26-60(28-30-61)35-50(73)74/h10-17,41-43H,2-9,18-35H2,1H3,(H,55,65)(H,67,68)(H,69,70)(H,71,72)(H,73,74)(H,75,76)(H,77,78)(H2,56,57,79)/t41-,42-,43?/m1/s1. The van der Waals surface area contributed by atoms with E-state index in [1.54, 1.807) is 48.8 Å². The Morgan fingerprint density at radius 2 is 1.06 bits per heavy atom. The molecule has 1 aliphatic rings. The summed E-state index contributed by atoms with van der Waals surface area (Å²) in [6, 6.07) is 9.66. The van der Waals surface area contributed by atoms with Gasteiger partial charge in [0.1, 0.15) is 12.1 Å². The molecule has 0 spiro atoms. The van der Waals surface area contributed by atoms with Gasteiger partial charge in [-0.3, -0.25) is 62.8 Å². The number of Topliss-reactive ketones (excluding diaryl/α,β-unsaturated/α-hetero) is 2. The lowest BCUT2D eigenvalue weighted by molar-refractivity contribution is -0.145. The molecule has 9 N–H and O–H groups in total. The van der Waals surface area contributed by atoms with Gasteiger partial charge < -0.3 is 51.5 Å². The molecular formula is C53H75BrN8O17. The number of rotatable bonds is 34. The highest BCUT2D eigenvalue weighted by Gasteiger charge is 2.29. The number of amides is 4. The molecule has 0 aliphatic carbocycles. The van der Waals surface area contributed by atoms with E-state index >= 15 is 0 Å². The Balaban J connectivity index is 1.49. The number of hydrogen-bond donors (Lipinski definition) is 9. The average molecular weight is 1180 g/mol. The molecule has 1 fully saturated rings. The van der Waals surface area contributed by atoms with E-state index in [0.29, 0.717) is 56.3 Å². The van der Waals surface area contributed by atoms with Crippen LogP contribution in [0.2, 0.25) is 0 Å². The number of carboxylic acids is 6. The van der Waals surface area contributed by atoms with Crippen molar-refractivity contribution in [3.8, 4) is 0 Å². The quantitative estimate of drug-likeness (QED) is 0.0359. The minimum absolute atomic E-state index is 0.0251. The predicted molar refractivity (Wildman–Crippen MR) is 288 cm³/mol. The first kappa shape index (κ1) is 66.4. The second-order valence-electron chi connectivity index (χ2n) is 19.4. The van der Waals surface area contributed by atoms with Crippen LogP contribution in [0.3, 0.4) is 0 Å². The van der Waals surface area contributed by atoms with E-state index in [2.05, 4.69) is 31.9 Å². The third-order valence-corrected chi connectivity index (χ3v) is 13.8. The van der Waals surface area contributed by atoms with Gasteiger partial charge in [-0.25, -0.2) is 9.59 Å². The minimum Gasteiger partial charge on any atom is -0.481 e. The molecule has 0 bridgehead atoms. The number of hydrogen-bond acceptors (Lipinski definition) is 15.